The Morgan fingerprint density at radius 3 is 2.39 bits per heavy atom. The number of quaternary nitrogens is 1. The zero-order valence-corrected chi connectivity index (χ0v) is 17.9. The molecule has 0 heterocycles. The van der Waals surface area contributed by atoms with Gasteiger partial charge in [-0.3, -0.25) is 9.59 Å². The highest BCUT2D eigenvalue weighted by atomic mass is 32.2. The van der Waals surface area contributed by atoms with Gasteiger partial charge in [-0.05, 0) is 37.8 Å². The van der Waals surface area contributed by atoms with Crippen LogP contribution in [-0.2, 0) is 16.1 Å². The highest BCUT2D eigenvalue weighted by Gasteiger charge is 2.28. The minimum Gasteiger partial charge on any atom is -0.334 e. The maximum Gasteiger partial charge on any atom is 0.280 e. The molecule has 6 heteroatoms. The number of rotatable bonds is 9. The lowest BCUT2D eigenvalue weighted by Crippen LogP contribution is -3.15. The molecule has 0 aromatic heterocycles. The van der Waals surface area contributed by atoms with Crippen LogP contribution in [0.2, 0.25) is 0 Å². The lowest BCUT2D eigenvalue weighted by molar-refractivity contribution is -0.886. The van der Waals surface area contributed by atoms with E-state index < -0.39 is 0 Å². The van der Waals surface area contributed by atoms with Crippen LogP contribution in [0.3, 0.4) is 0 Å². The number of nitrogens with one attached hydrogen (secondary N) is 2. The van der Waals surface area contributed by atoms with Crippen molar-refractivity contribution in [2.45, 2.75) is 31.3 Å². The molecule has 2 aromatic carbocycles. The Morgan fingerprint density at radius 1 is 1.11 bits per heavy atom. The fraction of sp³-hybridized carbons (Fsp3) is 0.364. The minimum atomic E-state index is -0.301. The van der Waals surface area contributed by atoms with Crippen LogP contribution in [0, 0.1) is 0 Å². The summed E-state index contributed by atoms with van der Waals surface area (Å²) in [5.74, 6) is -0.0362. The summed E-state index contributed by atoms with van der Waals surface area (Å²) in [7, 11) is 1.89. The number of amides is 2. The number of anilines is 1. The molecule has 2 atom stereocenters. The number of hydrogen-bond donors (Lipinski definition) is 2. The Hall–Kier alpha value is -2.31. The third-order valence-corrected chi connectivity index (χ3v) is 5.64. The van der Waals surface area contributed by atoms with Gasteiger partial charge < -0.3 is 15.1 Å². The normalized spacial score (nSPS) is 12.9. The van der Waals surface area contributed by atoms with Gasteiger partial charge in [-0.2, -0.15) is 0 Å². The van der Waals surface area contributed by atoms with Crippen molar-refractivity contribution in [2.24, 2.45) is 0 Å². The van der Waals surface area contributed by atoms with E-state index in [0.717, 1.165) is 21.0 Å². The summed E-state index contributed by atoms with van der Waals surface area (Å²) < 4.78 is 0. The molecule has 28 heavy (non-hydrogen) atoms. The number of likely N-dealkylation sites (N-methyl/N-ethyl adjacent to an activating group) is 2. The highest BCUT2D eigenvalue weighted by Crippen LogP contribution is 2.24. The first-order valence-electron chi connectivity index (χ1n) is 9.54. The van der Waals surface area contributed by atoms with E-state index in [1.54, 1.807) is 11.8 Å². The van der Waals surface area contributed by atoms with Gasteiger partial charge in [0.15, 0.2) is 12.6 Å². The fourth-order valence-corrected chi connectivity index (χ4v) is 3.54. The number of carbonyl (C=O) groups excluding carboxylic acids is 2. The zero-order valence-electron chi connectivity index (χ0n) is 17.1. The molecule has 2 rings (SSSR count). The van der Waals surface area contributed by atoms with E-state index in [1.807, 2.05) is 86.6 Å². The Morgan fingerprint density at radius 2 is 1.75 bits per heavy atom. The maximum atomic E-state index is 12.9. The van der Waals surface area contributed by atoms with E-state index in [4.69, 9.17) is 0 Å². The SMILES string of the molecule is CCN(Cc1ccccc1)C(=O)[C@@H](C)[NH+](C)CC(=O)Nc1ccccc1SC. The first-order valence-corrected chi connectivity index (χ1v) is 10.8. The van der Waals surface area contributed by atoms with Gasteiger partial charge in [-0.1, -0.05) is 42.5 Å². The third-order valence-electron chi connectivity index (χ3n) is 4.84. The van der Waals surface area contributed by atoms with Crippen LogP contribution in [0.15, 0.2) is 59.5 Å². The smallest absolute Gasteiger partial charge is 0.280 e. The van der Waals surface area contributed by atoms with Crippen LogP contribution in [0.4, 0.5) is 5.69 Å². The van der Waals surface area contributed by atoms with Crippen molar-refractivity contribution in [1.29, 1.82) is 0 Å². The summed E-state index contributed by atoms with van der Waals surface area (Å²) in [6.07, 6.45) is 1.98. The molecular weight excluding hydrogens is 370 g/mol. The van der Waals surface area contributed by atoms with Crippen molar-refractivity contribution in [3.8, 4) is 0 Å². The lowest BCUT2D eigenvalue weighted by atomic mass is 10.2. The van der Waals surface area contributed by atoms with Crippen LogP contribution in [-0.4, -0.2) is 49.1 Å². The molecule has 0 saturated heterocycles. The van der Waals surface area contributed by atoms with Crippen molar-refractivity contribution in [1.82, 2.24) is 4.90 Å². The van der Waals surface area contributed by atoms with Crippen LogP contribution < -0.4 is 10.2 Å². The average molecular weight is 401 g/mol. The number of para-hydroxylation sites is 1. The van der Waals surface area contributed by atoms with Crippen molar-refractivity contribution in [3.63, 3.8) is 0 Å². The number of thioether (sulfide) groups is 1. The second-order valence-corrected chi connectivity index (χ2v) is 7.68. The molecule has 2 amide bonds. The largest absolute Gasteiger partial charge is 0.334 e. The van der Waals surface area contributed by atoms with Gasteiger partial charge in [0.25, 0.3) is 11.8 Å². The molecule has 2 N–H and O–H groups in total. The van der Waals surface area contributed by atoms with Crippen LogP contribution >= 0.6 is 11.8 Å². The number of benzene rings is 2. The lowest BCUT2D eigenvalue weighted by Gasteiger charge is -2.27. The number of hydrogen-bond acceptors (Lipinski definition) is 3. The van der Waals surface area contributed by atoms with Crippen LogP contribution in [0.5, 0.6) is 0 Å². The van der Waals surface area contributed by atoms with E-state index in [0.29, 0.717) is 13.1 Å². The highest BCUT2D eigenvalue weighted by molar-refractivity contribution is 7.98. The zero-order chi connectivity index (χ0) is 20.5. The van der Waals surface area contributed by atoms with Crippen LogP contribution in [0.1, 0.15) is 19.4 Å². The van der Waals surface area contributed by atoms with Gasteiger partial charge in [-0.15, -0.1) is 11.8 Å². The quantitative estimate of drug-likeness (QED) is 0.635. The maximum absolute atomic E-state index is 12.9. The summed E-state index contributed by atoms with van der Waals surface area (Å²) in [5, 5.41) is 2.96. The third kappa shape index (κ3) is 6.11. The van der Waals surface area contributed by atoms with Crippen molar-refractivity contribution >= 4 is 29.3 Å². The second kappa shape index (κ2) is 10.9. The summed E-state index contributed by atoms with van der Waals surface area (Å²) in [6.45, 7) is 5.32. The van der Waals surface area contributed by atoms with E-state index in [2.05, 4.69) is 5.32 Å². The molecule has 0 bridgehead atoms. The van der Waals surface area contributed by atoms with Gasteiger partial charge in [-0.25, -0.2) is 0 Å². The Kier molecular flexibility index (Phi) is 8.54. The molecular formula is C22H30N3O2S+. The van der Waals surface area contributed by atoms with Gasteiger partial charge in [0, 0.05) is 18.0 Å². The van der Waals surface area contributed by atoms with E-state index >= 15 is 0 Å². The monoisotopic (exact) mass is 400 g/mol. The van der Waals surface area contributed by atoms with Crippen LogP contribution in [0.25, 0.3) is 0 Å². The molecule has 0 radical (unpaired) electrons. The van der Waals surface area contributed by atoms with Crippen molar-refractivity contribution in [3.05, 3.63) is 60.2 Å². The molecule has 5 nitrogen and oxygen atoms in total. The molecule has 150 valence electrons. The van der Waals surface area contributed by atoms with E-state index in [1.165, 1.54) is 0 Å². The average Bonchev–Trinajstić information content (AvgIpc) is 2.71. The predicted octanol–water partition coefficient (Wildman–Crippen LogP) is 2.30. The topological polar surface area (TPSA) is 53.9 Å². The van der Waals surface area contributed by atoms with E-state index in [9.17, 15) is 9.59 Å². The molecule has 0 saturated carbocycles. The van der Waals surface area contributed by atoms with Gasteiger partial charge in [0.05, 0.1) is 12.7 Å². The second-order valence-electron chi connectivity index (χ2n) is 6.83. The molecule has 1 unspecified atom stereocenters. The van der Waals surface area contributed by atoms with Gasteiger partial charge >= 0.3 is 0 Å². The molecule has 0 aliphatic rings. The Labute approximate surface area is 172 Å². The summed E-state index contributed by atoms with van der Waals surface area (Å²) >= 11 is 1.59. The number of nitrogens with zero attached hydrogens (tertiary/aromatic N) is 1. The molecule has 0 aliphatic heterocycles. The molecule has 0 aliphatic carbocycles. The van der Waals surface area contributed by atoms with Gasteiger partial charge in [0.2, 0.25) is 0 Å². The summed E-state index contributed by atoms with van der Waals surface area (Å²) in [4.78, 5) is 29.1. The fourth-order valence-electron chi connectivity index (χ4n) is 2.98. The summed E-state index contributed by atoms with van der Waals surface area (Å²) in [5.41, 5.74) is 1.92. The molecule has 0 spiro atoms. The Balaban J connectivity index is 1.95. The Bertz CT molecular complexity index is 782. The van der Waals surface area contributed by atoms with E-state index in [-0.39, 0.29) is 24.4 Å². The van der Waals surface area contributed by atoms with Crippen molar-refractivity contribution in [2.75, 3.05) is 31.7 Å². The standard InChI is InChI=1S/C22H29N3O2S/c1-5-25(15-18-11-7-6-8-12-18)22(27)17(2)24(3)16-21(26)23-19-13-9-10-14-20(19)28-4/h6-14,17H,5,15-16H2,1-4H3,(H,23,26)/p+1/t17-/m1/s1. The number of carbonyl (C=O) groups is 2. The summed E-state index contributed by atoms with van der Waals surface area (Å²) in [6, 6.07) is 17.4. The minimum absolute atomic E-state index is 0.0566. The predicted molar refractivity (Wildman–Crippen MR) is 116 cm³/mol. The molecule has 0 fully saturated rings. The van der Waals surface area contributed by atoms with Gasteiger partial charge in [0.1, 0.15) is 0 Å². The first-order chi connectivity index (χ1) is 13.5. The van der Waals surface area contributed by atoms with Crippen molar-refractivity contribution < 1.29 is 14.5 Å². The molecule has 2 aromatic rings. The first kappa shape index (κ1) is 22.0.